The lowest BCUT2D eigenvalue weighted by molar-refractivity contribution is 0.0791. The summed E-state index contributed by atoms with van der Waals surface area (Å²) in [6.07, 6.45) is 5.33. The van der Waals surface area contributed by atoms with Gasteiger partial charge in [0.1, 0.15) is 12.0 Å². The minimum Gasteiger partial charge on any atom is -0.376 e. The van der Waals surface area contributed by atoms with Crippen LogP contribution in [0.3, 0.4) is 0 Å². The molecule has 1 fully saturated rings. The molecule has 23 heavy (non-hydrogen) atoms. The lowest BCUT2D eigenvalue weighted by Crippen LogP contribution is -2.43. The van der Waals surface area contributed by atoms with Crippen molar-refractivity contribution in [3.8, 4) is 0 Å². The Morgan fingerprint density at radius 3 is 3.00 bits per heavy atom. The van der Waals surface area contributed by atoms with Crippen molar-refractivity contribution in [2.24, 2.45) is 0 Å². The van der Waals surface area contributed by atoms with Gasteiger partial charge in [-0.05, 0) is 25.0 Å². The lowest BCUT2D eigenvalue weighted by Gasteiger charge is -2.25. The average Bonchev–Trinajstić information content (AvgIpc) is 3.26. The summed E-state index contributed by atoms with van der Waals surface area (Å²) < 4.78 is 10.4. The van der Waals surface area contributed by atoms with Crippen molar-refractivity contribution in [3.05, 3.63) is 48.1 Å². The summed E-state index contributed by atoms with van der Waals surface area (Å²) in [5, 5.41) is 6.65. The van der Waals surface area contributed by atoms with Gasteiger partial charge >= 0.3 is 6.03 Å². The highest BCUT2D eigenvalue weighted by Crippen LogP contribution is 2.15. The van der Waals surface area contributed by atoms with E-state index in [4.69, 9.17) is 9.26 Å². The smallest absolute Gasteiger partial charge is 0.318 e. The maximum absolute atomic E-state index is 12.5. The van der Waals surface area contributed by atoms with Crippen LogP contribution in [0.1, 0.15) is 24.2 Å². The lowest BCUT2D eigenvalue weighted by atomic mass is 10.2. The van der Waals surface area contributed by atoms with Crippen LogP contribution >= 0.6 is 0 Å². The van der Waals surface area contributed by atoms with Crippen LogP contribution in [0.15, 0.2) is 41.2 Å². The fraction of sp³-hybridized carbons (Fsp3) is 0.438. The molecule has 2 aromatic rings. The quantitative estimate of drug-likeness (QED) is 0.881. The van der Waals surface area contributed by atoms with Gasteiger partial charge in [-0.2, -0.15) is 0 Å². The molecule has 0 unspecified atom stereocenters. The summed E-state index contributed by atoms with van der Waals surface area (Å²) in [6, 6.07) is 7.25. The SMILES string of the molecule is O=C(NCc1ccon1)N(Cc1ccccn1)C[C@@H]1CCCO1. The first kappa shape index (κ1) is 15.5. The van der Waals surface area contributed by atoms with Crippen LogP contribution in [0.4, 0.5) is 4.79 Å². The Kier molecular flexibility index (Phi) is 5.21. The van der Waals surface area contributed by atoms with Gasteiger partial charge in [-0.25, -0.2) is 4.79 Å². The maximum atomic E-state index is 12.5. The highest BCUT2D eigenvalue weighted by molar-refractivity contribution is 5.74. The molecular weight excluding hydrogens is 296 g/mol. The monoisotopic (exact) mass is 316 g/mol. The Labute approximate surface area is 134 Å². The van der Waals surface area contributed by atoms with Gasteiger partial charge < -0.3 is 19.5 Å². The molecule has 122 valence electrons. The number of urea groups is 1. The van der Waals surface area contributed by atoms with Crippen molar-refractivity contribution < 1.29 is 14.1 Å². The molecule has 1 saturated heterocycles. The first-order valence-electron chi connectivity index (χ1n) is 7.75. The zero-order valence-corrected chi connectivity index (χ0v) is 12.9. The molecule has 3 rings (SSSR count). The van der Waals surface area contributed by atoms with E-state index in [0.717, 1.165) is 25.1 Å². The van der Waals surface area contributed by atoms with Crippen LogP contribution in [-0.4, -0.2) is 40.3 Å². The van der Waals surface area contributed by atoms with E-state index in [1.165, 1.54) is 6.26 Å². The molecule has 3 heterocycles. The predicted octanol–water partition coefficient (Wildman–Crippen LogP) is 1.96. The van der Waals surface area contributed by atoms with Gasteiger partial charge in [0.25, 0.3) is 0 Å². The Morgan fingerprint density at radius 2 is 2.30 bits per heavy atom. The number of rotatable bonds is 6. The van der Waals surface area contributed by atoms with Crippen LogP contribution in [-0.2, 0) is 17.8 Å². The average molecular weight is 316 g/mol. The third-order valence-corrected chi connectivity index (χ3v) is 3.73. The Morgan fingerprint density at radius 1 is 1.35 bits per heavy atom. The summed E-state index contributed by atoms with van der Waals surface area (Å²) in [4.78, 5) is 18.5. The summed E-state index contributed by atoms with van der Waals surface area (Å²) in [6.45, 7) is 2.11. The van der Waals surface area contributed by atoms with E-state index in [1.807, 2.05) is 18.2 Å². The zero-order valence-electron chi connectivity index (χ0n) is 12.9. The molecular formula is C16H20N4O3. The van der Waals surface area contributed by atoms with E-state index in [1.54, 1.807) is 17.2 Å². The molecule has 2 aromatic heterocycles. The van der Waals surface area contributed by atoms with E-state index in [2.05, 4.69) is 15.5 Å². The van der Waals surface area contributed by atoms with E-state index in [9.17, 15) is 4.79 Å². The van der Waals surface area contributed by atoms with E-state index >= 15 is 0 Å². The second-order valence-electron chi connectivity index (χ2n) is 5.49. The Hall–Kier alpha value is -2.41. The summed E-state index contributed by atoms with van der Waals surface area (Å²) in [5.41, 5.74) is 1.54. The fourth-order valence-electron chi connectivity index (χ4n) is 2.55. The van der Waals surface area contributed by atoms with Crippen molar-refractivity contribution in [2.75, 3.05) is 13.2 Å². The number of aromatic nitrogens is 2. The summed E-state index contributed by atoms with van der Waals surface area (Å²) in [5.74, 6) is 0. The van der Waals surface area contributed by atoms with Gasteiger partial charge in [0.2, 0.25) is 0 Å². The molecule has 7 nitrogen and oxygen atoms in total. The second kappa shape index (κ2) is 7.73. The molecule has 1 N–H and O–H groups in total. The largest absolute Gasteiger partial charge is 0.376 e. The molecule has 7 heteroatoms. The second-order valence-corrected chi connectivity index (χ2v) is 5.49. The summed E-state index contributed by atoms with van der Waals surface area (Å²) >= 11 is 0. The first-order chi connectivity index (χ1) is 11.3. The number of amides is 2. The van der Waals surface area contributed by atoms with E-state index < -0.39 is 0 Å². The zero-order chi connectivity index (χ0) is 15.9. The molecule has 1 aliphatic heterocycles. The van der Waals surface area contributed by atoms with Crippen LogP contribution in [0.5, 0.6) is 0 Å². The number of ether oxygens (including phenoxy) is 1. The molecule has 0 aromatic carbocycles. The standard InChI is InChI=1S/C16H20N4O3/c21-16(18-10-13-6-9-23-19-13)20(12-15-5-3-8-22-15)11-14-4-1-2-7-17-14/h1-2,4,6-7,9,15H,3,5,8,10-12H2,(H,18,21)/t15-/m0/s1. The van der Waals surface area contributed by atoms with Gasteiger partial charge in [0.15, 0.2) is 0 Å². The third-order valence-electron chi connectivity index (χ3n) is 3.73. The molecule has 0 bridgehead atoms. The van der Waals surface area contributed by atoms with E-state index in [0.29, 0.717) is 25.3 Å². The molecule has 2 amide bonds. The molecule has 1 aliphatic rings. The topological polar surface area (TPSA) is 80.5 Å². The van der Waals surface area contributed by atoms with Gasteiger partial charge in [0, 0.05) is 25.4 Å². The van der Waals surface area contributed by atoms with Crippen LogP contribution in [0, 0.1) is 0 Å². The van der Waals surface area contributed by atoms with Crippen LogP contribution in [0.2, 0.25) is 0 Å². The maximum Gasteiger partial charge on any atom is 0.318 e. The number of nitrogens with one attached hydrogen (secondary N) is 1. The number of pyridine rings is 1. The minimum atomic E-state index is -0.158. The summed E-state index contributed by atoms with van der Waals surface area (Å²) in [7, 11) is 0. The van der Waals surface area contributed by atoms with Gasteiger partial charge in [-0.15, -0.1) is 0 Å². The number of hydrogen-bond acceptors (Lipinski definition) is 5. The van der Waals surface area contributed by atoms with E-state index in [-0.39, 0.29) is 12.1 Å². The van der Waals surface area contributed by atoms with Gasteiger partial charge in [0.05, 0.1) is 24.9 Å². The van der Waals surface area contributed by atoms with Gasteiger partial charge in [-0.3, -0.25) is 4.98 Å². The molecule has 0 aliphatic carbocycles. The highest BCUT2D eigenvalue weighted by atomic mass is 16.5. The highest BCUT2D eigenvalue weighted by Gasteiger charge is 2.23. The molecule has 1 atom stereocenters. The van der Waals surface area contributed by atoms with Crippen molar-refractivity contribution in [1.82, 2.24) is 20.4 Å². The number of nitrogens with zero attached hydrogens (tertiary/aromatic N) is 3. The molecule has 0 saturated carbocycles. The predicted molar refractivity (Wildman–Crippen MR) is 82.4 cm³/mol. The Bertz CT molecular complexity index is 597. The third kappa shape index (κ3) is 4.53. The molecule has 0 radical (unpaired) electrons. The van der Waals surface area contributed by atoms with Gasteiger partial charge in [-0.1, -0.05) is 11.2 Å². The fourth-order valence-corrected chi connectivity index (χ4v) is 2.55. The minimum absolute atomic E-state index is 0.0940. The number of hydrogen-bond donors (Lipinski definition) is 1. The van der Waals surface area contributed by atoms with Crippen molar-refractivity contribution in [3.63, 3.8) is 0 Å². The van der Waals surface area contributed by atoms with Crippen LogP contribution < -0.4 is 5.32 Å². The molecule has 0 spiro atoms. The van der Waals surface area contributed by atoms with Crippen molar-refractivity contribution >= 4 is 6.03 Å². The normalized spacial score (nSPS) is 17.1. The van der Waals surface area contributed by atoms with Crippen molar-refractivity contribution in [2.45, 2.75) is 32.0 Å². The first-order valence-corrected chi connectivity index (χ1v) is 7.75. The number of carbonyl (C=O) groups excluding carboxylic acids is 1. The van der Waals surface area contributed by atoms with Crippen molar-refractivity contribution in [1.29, 1.82) is 0 Å². The van der Waals surface area contributed by atoms with Crippen LogP contribution in [0.25, 0.3) is 0 Å². The number of carbonyl (C=O) groups is 1. The Balaban J connectivity index is 1.61.